The zero-order valence-electron chi connectivity index (χ0n) is 10.8. The molecule has 2 unspecified atom stereocenters. The molecule has 2 atom stereocenters. The maximum Gasteiger partial charge on any atom is 0.329 e. The number of nitro groups is 1. The summed E-state index contributed by atoms with van der Waals surface area (Å²) in [7, 11) is 0. The van der Waals surface area contributed by atoms with Crippen LogP contribution in [0.4, 0.5) is 11.5 Å². The minimum absolute atomic E-state index is 0.0494. The molecule has 7 heteroatoms. The molecule has 0 bridgehead atoms. The van der Waals surface area contributed by atoms with E-state index in [1.54, 1.807) is 0 Å². The number of piperazine rings is 1. The van der Waals surface area contributed by atoms with E-state index in [1.807, 2.05) is 24.8 Å². The Morgan fingerprint density at radius 2 is 2.37 bits per heavy atom. The lowest BCUT2D eigenvalue weighted by atomic mass is 10.1. The molecule has 1 fully saturated rings. The van der Waals surface area contributed by atoms with E-state index < -0.39 is 4.92 Å². The Bertz CT molecular complexity index is 539. The molecule has 1 N–H and O–H groups in total. The maximum absolute atomic E-state index is 11.2. The highest BCUT2D eigenvalue weighted by atomic mass is 16.6. The van der Waals surface area contributed by atoms with Crippen molar-refractivity contribution < 1.29 is 4.92 Å². The molecule has 100 valence electrons. The Morgan fingerprint density at radius 1 is 1.63 bits per heavy atom. The normalized spacial score (nSPS) is 22.9. The molecule has 0 aliphatic carbocycles. The second kappa shape index (κ2) is 5.20. The molecule has 0 spiro atoms. The van der Waals surface area contributed by atoms with Crippen molar-refractivity contribution in [2.45, 2.75) is 25.9 Å². The SMILES string of the molecule is CC1CN(c2nccc(C#N)c2[N+](=O)[O-])C(C)CN1. The van der Waals surface area contributed by atoms with E-state index in [9.17, 15) is 10.1 Å². The van der Waals surface area contributed by atoms with Crippen LogP contribution in [0.3, 0.4) is 0 Å². The number of anilines is 1. The first kappa shape index (κ1) is 13.2. The van der Waals surface area contributed by atoms with Crippen molar-refractivity contribution in [3.05, 3.63) is 27.9 Å². The van der Waals surface area contributed by atoms with E-state index in [2.05, 4.69) is 10.3 Å². The predicted molar refractivity (Wildman–Crippen MR) is 69.9 cm³/mol. The van der Waals surface area contributed by atoms with Crippen molar-refractivity contribution in [1.29, 1.82) is 5.26 Å². The van der Waals surface area contributed by atoms with Crippen molar-refractivity contribution in [3.63, 3.8) is 0 Å². The molecule has 0 amide bonds. The van der Waals surface area contributed by atoms with Crippen molar-refractivity contribution in [2.24, 2.45) is 0 Å². The highest BCUT2D eigenvalue weighted by Gasteiger charge is 2.31. The van der Waals surface area contributed by atoms with Gasteiger partial charge in [-0.2, -0.15) is 5.26 Å². The molecule has 2 heterocycles. The van der Waals surface area contributed by atoms with E-state index in [4.69, 9.17) is 5.26 Å². The van der Waals surface area contributed by atoms with Crippen molar-refractivity contribution in [1.82, 2.24) is 10.3 Å². The van der Waals surface area contributed by atoms with Crippen LogP contribution in [0.25, 0.3) is 0 Å². The van der Waals surface area contributed by atoms with Gasteiger partial charge >= 0.3 is 5.69 Å². The number of nitrogens with zero attached hydrogens (tertiary/aromatic N) is 4. The third kappa shape index (κ3) is 2.48. The Balaban J connectivity index is 2.49. The number of hydrogen-bond donors (Lipinski definition) is 1. The van der Waals surface area contributed by atoms with Crippen LogP contribution in [0, 0.1) is 21.4 Å². The molecular formula is C12H15N5O2. The predicted octanol–water partition coefficient (Wildman–Crippen LogP) is 1.05. The van der Waals surface area contributed by atoms with E-state index in [1.165, 1.54) is 12.3 Å². The third-order valence-electron chi connectivity index (χ3n) is 3.24. The van der Waals surface area contributed by atoms with Gasteiger partial charge in [0.05, 0.1) is 4.92 Å². The second-order valence-electron chi connectivity index (χ2n) is 4.71. The van der Waals surface area contributed by atoms with Crippen LogP contribution >= 0.6 is 0 Å². The standard InChI is InChI=1S/C12H15N5O2/c1-8-7-16(9(2)6-15-8)12-11(17(18)19)10(5-13)3-4-14-12/h3-4,8-9,15H,6-7H2,1-2H3. The largest absolute Gasteiger partial charge is 0.345 e. The molecule has 7 nitrogen and oxygen atoms in total. The summed E-state index contributed by atoms with van der Waals surface area (Å²) >= 11 is 0. The van der Waals surface area contributed by atoms with Crippen molar-refractivity contribution in [3.8, 4) is 6.07 Å². The average molecular weight is 261 g/mol. The summed E-state index contributed by atoms with van der Waals surface area (Å²) in [4.78, 5) is 16.7. The minimum atomic E-state index is -0.527. The average Bonchev–Trinajstić information content (AvgIpc) is 2.40. The number of hydrogen-bond acceptors (Lipinski definition) is 6. The van der Waals surface area contributed by atoms with Gasteiger partial charge in [-0.3, -0.25) is 10.1 Å². The molecule has 19 heavy (non-hydrogen) atoms. The highest BCUT2D eigenvalue weighted by Crippen LogP contribution is 2.31. The quantitative estimate of drug-likeness (QED) is 0.631. The Labute approximate surface area is 111 Å². The lowest BCUT2D eigenvalue weighted by molar-refractivity contribution is -0.384. The number of rotatable bonds is 2. The van der Waals surface area contributed by atoms with E-state index in [0.29, 0.717) is 6.54 Å². The highest BCUT2D eigenvalue weighted by molar-refractivity contribution is 5.66. The van der Waals surface area contributed by atoms with Gasteiger partial charge < -0.3 is 10.2 Å². The molecule has 2 rings (SSSR count). The molecule has 1 aliphatic heterocycles. The number of aromatic nitrogens is 1. The van der Waals surface area contributed by atoms with Crippen LogP contribution in [-0.2, 0) is 0 Å². The van der Waals surface area contributed by atoms with E-state index in [0.717, 1.165) is 6.54 Å². The lowest BCUT2D eigenvalue weighted by Crippen LogP contribution is -2.54. The van der Waals surface area contributed by atoms with Gasteiger partial charge in [-0.15, -0.1) is 0 Å². The van der Waals surface area contributed by atoms with Crippen LogP contribution < -0.4 is 10.2 Å². The van der Waals surface area contributed by atoms with Crippen molar-refractivity contribution >= 4 is 11.5 Å². The smallest absolute Gasteiger partial charge is 0.329 e. The summed E-state index contributed by atoms with van der Waals surface area (Å²) in [6.07, 6.45) is 1.44. The van der Waals surface area contributed by atoms with E-state index >= 15 is 0 Å². The van der Waals surface area contributed by atoms with Crippen LogP contribution in [0.5, 0.6) is 0 Å². The molecule has 1 aromatic rings. The van der Waals surface area contributed by atoms with Gasteiger partial charge in [-0.1, -0.05) is 0 Å². The summed E-state index contributed by atoms with van der Waals surface area (Å²) < 4.78 is 0. The second-order valence-corrected chi connectivity index (χ2v) is 4.71. The molecule has 0 radical (unpaired) electrons. The lowest BCUT2D eigenvalue weighted by Gasteiger charge is -2.37. The maximum atomic E-state index is 11.2. The summed E-state index contributed by atoms with van der Waals surface area (Å²) in [5.74, 6) is 0.282. The Morgan fingerprint density at radius 3 is 3.00 bits per heavy atom. The van der Waals surface area contributed by atoms with Crippen LogP contribution in [0.15, 0.2) is 12.3 Å². The van der Waals surface area contributed by atoms with Crippen LogP contribution in [0.2, 0.25) is 0 Å². The number of pyridine rings is 1. The molecule has 1 saturated heterocycles. The van der Waals surface area contributed by atoms with Crippen LogP contribution in [-0.4, -0.2) is 35.1 Å². The van der Waals surface area contributed by atoms with Crippen molar-refractivity contribution in [2.75, 3.05) is 18.0 Å². The van der Waals surface area contributed by atoms with Gasteiger partial charge in [0.2, 0.25) is 5.82 Å². The Kier molecular flexibility index (Phi) is 3.62. The zero-order chi connectivity index (χ0) is 14.0. The molecule has 0 saturated carbocycles. The fraction of sp³-hybridized carbons (Fsp3) is 0.500. The number of nitrogens with one attached hydrogen (secondary N) is 1. The first-order valence-electron chi connectivity index (χ1n) is 6.08. The molecule has 1 aromatic heterocycles. The summed E-state index contributed by atoms with van der Waals surface area (Å²) in [5.41, 5.74) is -0.153. The first-order chi connectivity index (χ1) is 9.04. The molecule has 0 aromatic carbocycles. The zero-order valence-corrected chi connectivity index (χ0v) is 10.8. The topological polar surface area (TPSA) is 95.1 Å². The van der Waals surface area contributed by atoms with Gasteiger partial charge in [-0.25, -0.2) is 4.98 Å². The van der Waals surface area contributed by atoms with Gasteiger partial charge in [0.25, 0.3) is 0 Å². The van der Waals surface area contributed by atoms with E-state index in [-0.39, 0.29) is 29.2 Å². The summed E-state index contributed by atoms with van der Waals surface area (Å²) in [6.45, 7) is 5.35. The van der Waals surface area contributed by atoms with Gasteiger partial charge in [-0.05, 0) is 19.9 Å². The van der Waals surface area contributed by atoms with Gasteiger partial charge in [0.1, 0.15) is 11.6 Å². The fourth-order valence-electron chi connectivity index (χ4n) is 2.24. The van der Waals surface area contributed by atoms with Gasteiger partial charge in [0, 0.05) is 31.4 Å². The van der Waals surface area contributed by atoms with Gasteiger partial charge in [0.15, 0.2) is 0 Å². The first-order valence-corrected chi connectivity index (χ1v) is 6.08. The summed E-state index contributed by atoms with van der Waals surface area (Å²) in [5, 5.41) is 23.5. The number of nitriles is 1. The summed E-state index contributed by atoms with van der Waals surface area (Å²) in [6, 6.07) is 3.55. The minimum Gasteiger partial charge on any atom is -0.345 e. The monoisotopic (exact) mass is 261 g/mol. The third-order valence-corrected chi connectivity index (χ3v) is 3.24. The molecule has 1 aliphatic rings. The fourth-order valence-corrected chi connectivity index (χ4v) is 2.24. The molecular weight excluding hydrogens is 246 g/mol. The Hall–Kier alpha value is -2.20. The van der Waals surface area contributed by atoms with Crippen LogP contribution in [0.1, 0.15) is 19.4 Å².